The summed E-state index contributed by atoms with van der Waals surface area (Å²) in [6.45, 7) is 0. The Morgan fingerprint density at radius 1 is 0.357 bits per heavy atom. The first-order chi connectivity index (χ1) is 27.8. The van der Waals surface area contributed by atoms with Crippen molar-refractivity contribution >= 4 is 53.3 Å². The molecule has 0 aliphatic carbocycles. The molecule has 0 amide bonds. The molecule has 4 nitrogen and oxygen atoms in total. The van der Waals surface area contributed by atoms with Crippen LogP contribution in [0.1, 0.15) is 0 Å². The Morgan fingerprint density at radius 2 is 0.911 bits per heavy atom. The third-order valence-electron chi connectivity index (χ3n) is 10.7. The van der Waals surface area contributed by atoms with Crippen molar-refractivity contribution in [1.82, 2.24) is 19.5 Å². The van der Waals surface area contributed by atoms with E-state index < -0.39 is 0 Å². The van der Waals surface area contributed by atoms with E-state index in [1.165, 1.54) is 42.1 Å². The van der Waals surface area contributed by atoms with Gasteiger partial charge in [0.05, 0.1) is 16.7 Å². The van der Waals surface area contributed by atoms with Crippen LogP contribution < -0.4 is 0 Å². The molecule has 11 rings (SSSR count). The Hall–Kier alpha value is -7.21. The quantitative estimate of drug-likeness (QED) is 0.171. The number of benzene rings is 8. The highest BCUT2D eigenvalue weighted by atomic mass is 32.1. The number of thiophene rings is 1. The van der Waals surface area contributed by atoms with Gasteiger partial charge in [-0.05, 0) is 41.0 Å². The highest BCUT2D eigenvalue weighted by Crippen LogP contribution is 2.44. The molecule has 0 atom stereocenters. The zero-order chi connectivity index (χ0) is 37.0. The first-order valence-electron chi connectivity index (χ1n) is 18.8. The van der Waals surface area contributed by atoms with Crippen molar-refractivity contribution < 1.29 is 0 Å². The zero-order valence-electron chi connectivity index (χ0n) is 30.2. The number of hydrogen-bond donors (Lipinski definition) is 0. The van der Waals surface area contributed by atoms with E-state index >= 15 is 0 Å². The highest BCUT2D eigenvalue weighted by Gasteiger charge is 2.22. The maximum atomic E-state index is 5.20. The van der Waals surface area contributed by atoms with Gasteiger partial charge in [-0.1, -0.05) is 170 Å². The molecule has 3 heterocycles. The van der Waals surface area contributed by atoms with E-state index in [9.17, 15) is 0 Å². The molecule has 0 aliphatic heterocycles. The third kappa shape index (κ3) is 5.32. The van der Waals surface area contributed by atoms with Crippen molar-refractivity contribution in [2.75, 3.05) is 0 Å². The number of hydrogen-bond acceptors (Lipinski definition) is 4. The fraction of sp³-hybridized carbons (Fsp3) is 0. The highest BCUT2D eigenvalue weighted by molar-refractivity contribution is 7.26. The first-order valence-corrected chi connectivity index (χ1v) is 19.6. The van der Waals surface area contributed by atoms with E-state index in [1.807, 2.05) is 47.7 Å². The monoisotopic (exact) mass is 732 g/mol. The summed E-state index contributed by atoms with van der Waals surface area (Å²) in [6.07, 6.45) is 0. The summed E-state index contributed by atoms with van der Waals surface area (Å²) in [7, 11) is 0. The summed E-state index contributed by atoms with van der Waals surface area (Å²) in [5.74, 6) is 1.89. The van der Waals surface area contributed by atoms with Gasteiger partial charge in [0, 0.05) is 53.2 Å². The Kier molecular flexibility index (Phi) is 7.64. The van der Waals surface area contributed by atoms with Crippen molar-refractivity contribution in [3.63, 3.8) is 0 Å². The average Bonchev–Trinajstić information content (AvgIpc) is 3.82. The predicted octanol–water partition coefficient (Wildman–Crippen LogP) is 13.7. The van der Waals surface area contributed by atoms with Crippen LogP contribution in [0.3, 0.4) is 0 Å². The lowest BCUT2D eigenvalue weighted by molar-refractivity contribution is 1.07. The molecule has 56 heavy (non-hydrogen) atoms. The molecule has 0 saturated heterocycles. The van der Waals surface area contributed by atoms with Gasteiger partial charge in [0.1, 0.15) is 0 Å². The van der Waals surface area contributed by atoms with E-state index in [-0.39, 0.29) is 0 Å². The normalized spacial score (nSPS) is 11.6. The zero-order valence-corrected chi connectivity index (χ0v) is 31.0. The lowest BCUT2D eigenvalue weighted by Gasteiger charge is -2.18. The van der Waals surface area contributed by atoms with Gasteiger partial charge in [0.15, 0.2) is 17.5 Å². The van der Waals surface area contributed by atoms with Crippen LogP contribution >= 0.6 is 11.3 Å². The van der Waals surface area contributed by atoms with Gasteiger partial charge in [-0.25, -0.2) is 15.0 Å². The van der Waals surface area contributed by atoms with Crippen LogP contribution in [0, 0.1) is 0 Å². The SMILES string of the molecule is c1ccc(-c2nc(-c3ccccc3)nc(-c3cccc(-n4c5ccccc5c5ccc(-c6cccc7c6sc6ccccc67)cc54)c3-c3ccccc3)n2)cc1. The molecular formula is C51H32N4S. The molecule has 0 spiro atoms. The van der Waals surface area contributed by atoms with Gasteiger partial charge in [0.25, 0.3) is 0 Å². The molecule has 8 aromatic carbocycles. The van der Waals surface area contributed by atoms with Crippen molar-refractivity contribution in [2.24, 2.45) is 0 Å². The number of aromatic nitrogens is 4. The molecule has 5 heteroatoms. The summed E-state index contributed by atoms with van der Waals surface area (Å²) in [5, 5.41) is 5.01. The fourth-order valence-corrected chi connectivity index (χ4v) is 9.36. The second kappa shape index (κ2) is 13.3. The molecule has 0 saturated carbocycles. The number of fused-ring (bicyclic) bond motifs is 6. The Labute approximate surface area is 327 Å². The van der Waals surface area contributed by atoms with E-state index in [2.05, 4.69) is 162 Å². The Balaban J connectivity index is 1.19. The van der Waals surface area contributed by atoms with E-state index in [0.717, 1.165) is 44.5 Å². The lowest BCUT2D eigenvalue weighted by atomic mass is 9.96. The summed E-state index contributed by atoms with van der Waals surface area (Å²) >= 11 is 1.87. The smallest absolute Gasteiger partial charge is 0.164 e. The van der Waals surface area contributed by atoms with Gasteiger partial charge in [-0.15, -0.1) is 11.3 Å². The second-order valence-electron chi connectivity index (χ2n) is 14.0. The molecule has 0 N–H and O–H groups in total. The summed E-state index contributed by atoms with van der Waals surface area (Å²) in [5.41, 5.74) is 10.7. The maximum Gasteiger partial charge on any atom is 0.164 e. The van der Waals surface area contributed by atoms with Gasteiger partial charge in [-0.2, -0.15) is 0 Å². The molecule has 3 aromatic heterocycles. The summed E-state index contributed by atoms with van der Waals surface area (Å²) in [6, 6.07) is 68.6. The van der Waals surface area contributed by atoms with Gasteiger partial charge >= 0.3 is 0 Å². The molecule has 0 fully saturated rings. The molecule has 262 valence electrons. The van der Waals surface area contributed by atoms with E-state index in [0.29, 0.717) is 17.5 Å². The van der Waals surface area contributed by atoms with Gasteiger partial charge in [-0.3, -0.25) is 0 Å². The van der Waals surface area contributed by atoms with Crippen LogP contribution in [0.5, 0.6) is 0 Å². The summed E-state index contributed by atoms with van der Waals surface area (Å²) in [4.78, 5) is 15.4. The van der Waals surface area contributed by atoms with E-state index in [1.54, 1.807) is 0 Å². The maximum absolute atomic E-state index is 5.20. The molecular weight excluding hydrogens is 701 g/mol. The van der Waals surface area contributed by atoms with Crippen LogP contribution in [0.15, 0.2) is 194 Å². The van der Waals surface area contributed by atoms with Gasteiger partial charge in [0.2, 0.25) is 0 Å². The third-order valence-corrected chi connectivity index (χ3v) is 11.9. The van der Waals surface area contributed by atoms with E-state index in [4.69, 9.17) is 15.0 Å². The standard InChI is InChI=1S/C51H32N4S/c1-4-16-33(17-5-1)47-42(51-53-49(34-18-6-2-7-19-34)52-50(54-51)35-20-8-3-9-21-35)26-15-28-44(47)55-43-27-12-10-22-38(43)39-31-30-36(32-45(39)55)37-24-14-25-41-40-23-11-13-29-46(40)56-48(37)41/h1-32H. The first kappa shape index (κ1) is 32.2. The molecule has 0 radical (unpaired) electrons. The number of rotatable bonds is 6. The molecule has 0 unspecified atom stereocenters. The van der Waals surface area contributed by atoms with Crippen molar-refractivity contribution in [3.05, 3.63) is 194 Å². The Bertz CT molecular complexity index is 3180. The molecule has 0 bridgehead atoms. The fourth-order valence-electron chi connectivity index (χ4n) is 8.12. The number of para-hydroxylation sites is 1. The van der Waals surface area contributed by atoms with Crippen LogP contribution in [-0.2, 0) is 0 Å². The Morgan fingerprint density at radius 3 is 1.64 bits per heavy atom. The van der Waals surface area contributed by atoms with Crippen LogP contribution in [0.25, 0.3) is 104 Å². The number of nitrogens with zero attached hydrogens (tertiary/aromatic N) is 4. The topological polar surface area (TPSA) is 43.6 Å². The van der Waals surface area contributed by atoms with Crippen molar-refractivity contribution in [3.8, 4) is 62.1 Å². The van der Waals surface area contributed by atoms with Crippen LogP contribution in [-0.4, -0.2) is 19.5 Å². The van der Waals surface area contributed by atoms with Gasteiger partial charge < -0.3 is 4.57 Å². The average molecular weight is 733 g/mol. The molecule has 11 aromatic rings. The summed E-state index contributed by atoms with van der Waals surface area (Å²) < 4.78 is 5.04. The van der Waals surface area contributed by atoms with Crippen LogP contribution in [0.2, 0.25) is 0 Å². The van der Waals surface area contributed by atoms with Crippen molar-refractivity contribution in [2.45, 2.75) is 0 Å². The van der Waals surface area contributed by atoms with Crippen LogP contribution in [0.4, 0.5) is 0 Å². The second-order valence-corrected chi connectivity index (χ2v) is 15.0. The largest absolute Gasteiger partial charge is 0.309 e. The molecule has 0 aliphatic rings. The minimum absolute atomic E-state index is 0.622. The van der Waals surface area contributed by atoms with Crippen molar-refractivity contribution in [1.29, 1.82) is 0 Å². The lowest BCUT2D eigenvalue weighted by Crippen LogP contribution is -2.03. The minimum atomic E-state index is 0.622. The minimum Gasteiger partial charge on any atom is -0.309 e. The predicted molar refractivity (Wildman–Crippen MR) is 234 cm³/mol.